The molecule has 0 fully saturated rings. The third-order valence-corrected chi connectivity index (χ3v) is 11.0. The Labute approximate surface area is 387 Å². The van der Waals surface area contributed by atoms with Crippen LogP contribution >= 0.6 is 0 Å². The van der Waals surface area contributed by atoms with Gasteiger partial charge in [0.25, 0.3) is 0 Å². The maximum Gasteiger partial charge on any atom is 0.306 e. The van der Waals surface area contributed by atoms with Gasteiger partial charge in [0.15, 0.2) is 12.4 Å². The van der Waals surface area contributed by atoms with Crippen LogP contribution < -0.4 is 5.11 Å². The van der Waals surface area contributed by atoms with E-state index in [0.29, 0.717) is 17.4 Å². The zero-order valence-electron chi connectivity index (χ0n) is 41.4. The highest BCUT2D eigenvalue weighted by molar-refractivity contribution is 5.70. The fourth-order valence-electron chi connectivity index (χ4n) is 7.01. The van der Waals surface area contributed by atoms with Gasteiger partial charge in [-0.1, -0.05) is 178 Å². The second kappa shape index (κ2) is 45.8. The predicted molar refractivity (Wildman–Crippen MR) is 260 cm³/mol. The lowest BCUT2D eigenvalue weighted by Gasteiger charge is -2.26. The van der Waals surface area contributed by atoms with E-state index in [0.717, 1.165) is 77.0 Å². The van der Waals surface area contributed by atoms with Crippen LogP contribution in [0.5, 0.6) is 0 Å². The number of ether oxygens (including phenoxy) is 4. The number of allylic oxidation sites excluding steroid dienone is 8. The van der Waals surface area contributed by atoms with Crippen molar-refractivity contribution in [3.05, 3.63) is 48.6 Å². The van der Waals surface area contributed by atoms with Gasteiger partial charge in [0, 0.05) is 12.8 Å². The van der Waals surface area contributed by atoms with E-state index >= 15 is 0 Å². The molecule has 0 aliphatic heterocycles. The first-order valence-corrected chi connectivity index (χ1v) is 25.8. The fraction of sp³-hybridized carbons (Fsp3) is 0.796. The van der Waals surface area contributed by atoms with E-state index < -0.39 is 24.3 Å². The van der Waals surface area contributed by atoms with E-state index in [1.807, 2.05) is 21.1 Å². The summed E-state index contributed by atoms with van der Waals surface area (Å²) >= 11 is 0. The summed E-state index contributed by atoms with van der Waals surface area (Å²) in [7, 11) is 5.91. The first kappa shape index (κ1) is 60.2. The van der Waals surface area contributed by atoms with Gasteiger partial charge in [-0.05, 0) is 77.0 Å². The Morgan fingerprint density at radius 3 is 1.30 bits per heavy atom. The Hall–Kier alpha value is -2.75. The second-order valence-corrected chi connectivity index (χ2v) is 18.5. The molecule has 0 amide bonds. The summed E-state index contributed by atoms with van der Waals surface area (Å²) in [5.41, 5.74) is 0. The number of carboxylic acid groups (broad SMARTS) is 1. The van der Waals surface area contributed by atoms with E-state index in [9.17, 15) is 19.5 Å². The van der Waals surface area contributed by atoms with Gasteiger partial charge in [0.1, 0.15) is 13.2 Å². The number of hydrogen-bond donors (Lipinski definition) is 0. The molecule has 0 saturated carbocycles. The van der Waals surface area contributed by atoms with E-state index in [4.69, 9.17) is 18.9 Å². The van der Waals surface area contributed by atoms with Crippen LogP contribution in [-0.4, -0.2) is 82.3 Å². The van der Waals surface area contributed by atoms with Crippen molar-refractivity contribution in [2.24, 2.45) is 0 Å². The predicted octanol–water partition coefficient (Wildman–Crippen LogP) is 13.0. The highest BCUT2D eigenvalue weighted by atomic mass is 16.7. The average Bonchev–Trinajstić information content (AvgIpc) is 3.24. The van der Waals surface area contributed by atoms with Crippen molar-refractivity contribution in [1.82, 2.24) is 0 Å². The Morgan fingerprint density at radius 2 is 0.857 bits per heavy atom. The molecule has 0 saturated heterocycles. The minimum absolute atomic E-state index is 0.145. The van der Waals surface area contributed by atoms with Crippen molar-refractivity contribution in [3.8, 4) is 0 Å². The molecule has 0 aliphatic rings. The van der Waals surface area contributed by atoms with Crippen LogP contribution in [0.2, 0.25) is 0 Å². The maximum absolute atomic E-state index is 12.8. The van der Waals surface area contributed by atoms with E-state index in [2.05, 4.69) is 62.5 Å². The number of nitrogens with zero attached hydrogens (tertiary/aromatic N) is 1. The largest absolute Gasteiger partial charge is 0.545 e. The molecule has 0 heterocycles. The minimum atomic E-state index is -1.62. The third-order valence-electron chi connectivity index (χ3n) is 11.0. The summed E-state index contributed by atoms with van der Waals surface area (Å²) in [6, 6.07) is 0. The molecular weight excluding hydrogens is 791 g/mol. The molecule has 366 valence electrons. The molecular formula is C54H97NO8. The van der Waals surface area contributed by atoms with Crippen molar-refractivity contribution in [3.63, 3.8) is 0 Å². The molecule has 0 aromatic rings. The number of aliphatic carboxylic acids is 1. The molecule has 0 N–H and O–H groups in total. The number of esters is 2. The Morgan fingerprint density at radius 1 is 0.476 bits per heavy atom. The van der Waals surface area contributed by atoms with Crippen LogP contribution in [-0.2, 0) is 33.3 Å². The van der Waals surface area contributed by atoms with Crippen LogP contribution in [0.3, 0.4) is 0 Å². The van der Waals surface area contributed by atoms with E-state index in [1.54, 1.807) is 0 Å². The Balaban J connectivity index is 4.30. The van der Waals surface area contributed by atoms with Gasteiger partial charge >= 0.3 is 11.9 Å². The number of unbranched alkanes of at least 4 members (excludes halogenated alkanes) is 24. The van der Waals surface area contributed by atoms with Crippen LogP contribution in [0.15, 0.2) is 48.6 Å². The van der Waals surface area contributed by atoms with Crippen LogP contribution in [0.1, 0.15) is 219 Å². The highest BCUT2D eigenvalue weighted by Gasteiger charge is 2.22. The second-order valence-electron chi connectivity index (χ2n) is 18.5. The van der Waals surface area contributed by atoms with Crippen molar-refractivity contribution < 1.29 is 42.9 Å². The van der Waals surface area contributed by atoms with Gasteiger partial charge < -0.3 is 33.3 Å². The summed E-state index contributed by atoms with van der Waals surface area (Å²) in [6.45, 7) is 4.71. The summed E-state index contributed by atoms with van der Waals surface area (Å²) < 4.78 is 22.6. The summed E-state index contributed by atoms with van der Waals surface area (Å²) in [6.07, 6.45) is 51.4. The maximum atomic E-state index is 12.8. The molecule has 2 atom stereocenters. The van der Waals surface area contributed by atoms with Gasteiger partial charge in [-0.2, -0.15) is 0 Å². The van der Waals surface area contributed by atoms with Crippen LogP contribution in [0, 0.1) is 0 Å². The zero-order chi connectivity index (χ0) is 46.3. The van der Waals surface area contributed by atoms with Crippen molar-refractivity contribution >= 4 is 17.9 Å². The highest BCUT2D eigenvalue weighted by Crippen LogP contribution is 2.14. The summed E-state index contributed by atoms with van der Waals surface area (Å²) in [4.78, 5) is 37.1. The van der Waals surface area contributed by atoms with Gasteiger partial charge in [-0.3, -0.25) is 9.59 Å². The summed E-state index contributed by atoms with van der Waals surface area (Å²) in [5, 5.41) is 11.7. The molecule has 0 aromatic carbocycles. The fourth-order valence-corrected chi connectivity index (χ4v) is 7.01. The number of likely N-dealkylation sites (N-methyl/N-ethyl adjacent to an activating group) is 1. The molecule has 0 bridgehead atoms. The SMILES string of the molecule is CCCCCC/C=C\CCCCCCCC(=O)OCC(COC(OCC[N+](C)(C)C)C(=O)[O-])OC(=O)CCCCCCCCCCCC/C=C\C/C=C\C/C=C\CCCCCCC. The van der Waals surface area contributed by atoms with Gasteiger partial charge in [0.05, 0.1) is 40.3 Å². The first-order chi connectivity index (χ1) is 30.6. The molecule has 2 unspecified atom stereocenters. The zero-order valence-corrected chi connectivity index (χ0v) is 41.4. The average molecular weight is 888 g/mol. The number of carboxylic acids is 1. The molecule has 0 radical (unpaired) electrons. The molecule has 63 heavy (non-hydrogen) atoms. The third kappa shape index (κ3) is 47.0. The molecule has 0 aliphatic carbocycles. The number of carbonyl (C=O) groups is 3. The topological polar surface area (TPSA) is 111 Å². The molecule has 9 heteroatoms. The van der Waals surface area contributed by atoms with Gasteiger partial charge in [-0.15, -0.1) is 0 Å². The van der Waals surface area contributed by atoms with E-state index in [-0.39, 0.29) is 38.6 Å². The first-order valence-electron chi connectivity index (χ1n) is 25.8. The number of hydrogen-bond acceptors (Lipinski definition) is 8. The Bertz CT molecular complexity index is 1170. The lowest BCUT2D eigenvalue weighted by molar-refractivity contribution is -0.870. The van der Waals surface area contributed by atoms with Crippen molar-refractivity contribution in [2.45, 2.75) is 232 Å². The quantitative estimate of drug-likeness (QED) is 0.0195. The Kier molecular flexibility index (Phi) is 43.8. The number of carbonyl (C=O) groups excluding carboxylic acids is 3. The van der Waals surface area contributed by atoms with E-state index in [1.165, 1.54) is 109 Å². The van der Waals surface area contributed by atoms with Crippen molar-refractivity contribution in [1.29, 1.82) is 0 Å². The molecule has 0 aromatic heterocycles. The lowest BCUT2D eigenvalue weighted by Crippen LogP contribution is -2.44. The van der Waals surface area contributed by atoms with Gasteiger partial charge in [-0.25, -0.2) is 0 Å². The molecule has 9 nitrogen and oxygen atoms in total. The normalized spacial score (nSPS) is 13.2. The standard InChI is InChI=1S/C54H97NO8/c1-6-8-10-12-14-16-18-20-21-22-23-24-25-26-27-28-29-30-31-33-35-37-39-41-43-45-52(57)63-50(49-62-54(53(58)59)60-47-46-55(3,4)5)48-61-51(56)44-42-40-38-36-34-32-19-17-15-13-11-9-7-2/h17-20,22-23,25-26,50,54H,6-16,21,24,27-49H2,1-5H3/b19-17-,20-18-,23-22-,26-25-. The summed E-state index contributed by atoms with van der Waals surface area (Å²) in [5.74, 6) is -2.30. The lowest BCUT2D eigenvalue weighted by atomic mass is 10.0. The minimum Gasteiger partial charge on any atom is -0.545 e. The molecule has 0 rings (SSSR count). The molecule has 0 spiro atoms. The number of quaternary nitrogens is 1. The van der Waals surface area contributed by atoms with Crippen molar-refractivity contribution in [2.75, 3.05) is 47.5 Å². The van der Waals surface area contributed by atoms with Crippen LogP contribution in [0.4, 0.5) is 0 Å². The number of rotatable bonds is 47. The van der Waals surface area contributed by atoms with Gasteiger partial charge in [0.2, 0.25) is 0 Å². The van der Waals surface area contributed by atoms with Crippen LogP contribution in [0.25, 0.3) is 0 Å². The smallest absolute Gasteiger partial charge is 0.306 e. The monoisotopic (exact) mass is 888 g/mol.